The predicted octanol–water partition coefficient (Wildman–Crippen LogP) is 2.57. The van der Waals surface area contributed by atoms with Crippen LogP contribution in [0.25, 0.3) is 0 Å². The fourth-order valence-corrected chi connectivity index (χ4v) is 2.57. The van der Waals surface area contributed by atoms with Crippen molar-refractivity contribution in [3.63, 3.8) is 0 Å². The van der Waals surface area contributed by atoms with Gasteiger partial charge in [-0.25, -0.2) is 4.98 Å². The summed E-state index contributed by atoms with van der Waals surface area (Å²) in [5, 5.41) is 3.05. The highest BCUT2D eigenvalue weighted by Gasteiger charge is 2.20. The van der Waals surface area contributed by atoms with E-state index in [1.807, 2.05) is 19.4 Å². The first kappa shape index (κ1) is 16.1. The molecule has 0 aliphatic heterocycles. The number of carbonyl (C=O) groups is 1. The van der Waals surface area contributed by atoms with Gasteiger partial charge in [0.2, 0.25) is 5.91 Å². The van der Waals surface area contributed by atoms with Gasteiger partial charge in [-0.1, -0.05) is 13.8 Å². The highest BCUT2D eigenvalue weighted by atomic mass is 32.1. The van der Waals surface area contributed by atoms with Crippen molar-refractivity contribution in [1.29, 1.82) is 0 Å². The number of amides is 1. The highest BCUT2D eigenvalue weighted by molar-refractivity contribution is 7.09. The second kappa shape index (κ2) is 7.01. The van der Waals surface area contributed by atoms with Crippen LogP contribution in [0.2, 0.25) is 0 Å². The van der Waals surface area contributed by atoms with Crippen molar-refractivity contribution in [2.45, 2.75) is 46.6 Å². The topological polar surface area (TPSA) is 59.2 Å². The third-order valence-corrected chi connectivity index (χ3v) is 4.15. The van der Waals surface area contributed by atoms with Gasteiger partial charge in [-0.2, -0.15) is 0 Å². The largest absolute Gasteiger partial charge is 0.340 e. The molecule has 1 aromatic rings. The van der Waals surface area contributed by atoms with E-state index in [4.69, 9.17) is 5.73 Å². The molecule has 0 saturated carbocycles. The predicted molar refractivity (Wildman–Crippen MR) is 80.0 cm³/mol. The van der Waals surface area contributed by atoms with Gasteiger partial charge >= 0.3 is 0 Å². The van der Waals surface area contributed by atoms with Crippen LogP contribution in [0.1, 0.15) is 43.8 Å². The second-order valence-corrected chi connectivity index (χ2v) is 6.87. The van der Waals surface area contributed by atoms with Gasteiger partial charge in [-0.05, 0) is 31.7 Å². The lowest BCUT2D eigenvalue weighted by atomic mass is 9.84. The number of thiazole rings is 1. The molecule has 0 unspecified atom stereocenters. The van der Waals surface area contributed by atoms with Gasteiger partial charge in [0.05, 0.1) is 17.2 Å². The molecule has 0 fully saturated rings. The molecule has 1 heterocycles. The number of carbonyl (C=O) groups excluding carboxylic acids is 1. The summed E-state index contributed by atoms with van der Waals surface area (Å²) >= 11 is 1.62. The molecule has 4 nitrogen and oxygen atoms in total. The Kier molecular flexibility index (Phi) is 5.94. The Bertz CT molecular complexity index is 415. The van der Waals surface area contributed by atoms with Crippen molar-refractivity contribution in [3.8, 4) is 0 Å². The first-order valence-electron chi connectivity index (χ1n) is 6.69. The van der Waals surface area contributed by atoms with Crippen LogP contribution in [-0.4, -0.2) is 29.4 Å². The molecule has 1 amide bonds. The Morgan fingerprint density at radius 2 is 2.16 bits per heavy atom. The van der Waals surface area contributed by atoms with E-state index in [2.05, 4.69) is 18.8 Å². The third-order valence-electron chi connectivity index (χ3n) is 3.33. The fourth-order valence-electron chi connectivity index (χ4n) is 1.96. The lowest BCUT2D eigenvalue weighted by Gasteiger charge is -2.25. The van der Waals surface area contributed by atoms with Gasteiger partial charge < -0.3 is 10.6 Å². The summed E-state index contributed by atoms with van der Waals surface area (Å²) in [6, 6.07) is 0. The van der Waals surface area contributed by atoms with E-state index in [0.29, 0.717) is 19.5 Å². The van der Waals surface area contributed by atoms with Crippen LogP contribution in [0.4, 0.5) is 0 Å². The van der Waals surface area contributed by atoms with E-state index in [1.165, 1.54) is 0 Å². The molecular weight excluding hydrogens is 258 g/mol. The maximum Gasteiger partial charge on any atom is 0.222 e. The van der Waals surface area contributed by atoms with Gasteiger partial charge in [0.1, 0.15) is 0 Å². The quantitative estimate of drug-likeness (QED) is 0.836. The Morgan fingerprint density at radius 1 is 1.47 bits per heavy atom. The van der Waals surface area contributed by atoms with Crippen LogP contribution in [-0.2, 0) is 11.3 Å². The Morgan fingerprint density at radius 3 is 2.68 bits per heavy atom. The zero-order chi connectivity index (χ0) is 14.5. The van der Waals surface area contributed by atoms with Crippen LogP contribution < -0.4 is 5.73 Å². The van der Waals surface area contributed by atoms with Crippen LogP contribution >= 0.6 is 11.3 Å². The summed E-state index contributed by atoms with van der Waals surface area (Å²) in [6.45, 7) is 7.58. The summed E-state index contributed by atoms with van der Waals surface area (Å²) < 4.78 is 0. The van der Waals surface area contributed by atoms with Crippen molar-refractivity contribution < 1.29 is 4.79 Å². The second-order valence-electron chi connectivity index (χ2n) is 5.81. The zero-order valence-electron chi connectivity index (χ0n) is 12.4. The number of nitrogens with zero attached hydrogens (tertiary/aromatic N) is 2. The first-order chi connectivity index (χ1) is 8.84. The molecule has 0 radical (unpaired) electrons. The van der Waals surface area contributed by atoms with E-state index >= 15 is 0 Å². The van der Waals surface area contributed by atoms with Crippen molar-refractivity contribution in [2.24, 2.45) is 11.1 Å². The van der Waals surface area contributed by atoms with Gasteiger partial charge in [0.15, 0.2) is 0 Å². The fraction of sp³-hybridized carbons (Fsp3) is 0.714. The number of rotatable bonds is 7. The Balaban J connectivity index is 2.40. The number of aromatic nitrogens is 1. The molecule has 0 aromatic carbocycles. The van der Waals surface area contributed by atoms with E-state index in [1.54, 1.807) is 16.2 Å². The van der Waals surface area contributed by atoms with E-state index in [0.717, 1.165) is 23.5 Å². The van der Waals surface area contributed by atoms with Gasteiger partial charge in [-0.15, -0.1) is 11.3 Å². The molecule has 0 atom stereocenters. The monoisotopic (exact) mass is 283 g/mol. The maximum absolute atomic E-state index is 12.1. The smallest absolute Gasteiger partial charge is 0.222 e. The molecule has 0 spiro atoms. The minimum absolute atomic E-state index is 0.141. The number of nitrogens with two attached hydrogens (primary N) is 1. The minimum atomic E-state index is 0.141. The highest BCUT2D eigenvalue weighted by Crippen LogP contribution is 2.26. The molecule has 108 valence electrons. The molecule has 1 rings (SSSR count). The molecule has 0 bridgehead atoms. The average Bonchev–Trinajstić information content (AvgIpc) is 2.71. The average molecular weight is 283 g/mol. The molecule has 2 N–H and O–H groups in total. The van der Waals surface area contributed by atoms with Crippen LogP contribution in [0.3, 0.4) is 0 Å². The van der Waals surface area contributed by atoms with Gasteiger partial charge in [0.25, 0.3) is 0 Å². The minimum Gasteiger partial charge on any atom is -0.340 e. The molecule has 19 heavy (non-hydrogen) atoms. The number of hydrogen-bond acceptors (Lipinski definition) is 4. The third kappa shape index (κ3) is 5.70. The summed E-state index contributed by atoms with van der Waals surface area (Å²) in [5.74, 6) is 0.177. The van der Waals surface area contributed by atoms with Crippen molar-refractivity contribution in [1.82, 2.24) is 9.88 Å². The molecule has 0 saturated heterocycles. The lowest BCUT2D eigenvalue weighted by molar-refractivity contribution is -0.131. The van der Waals surface area contributed by atoms with Crippen LogP contribution in [0, 0.1) is 12.3 Å². The molecule has 0 aliphatic carbocycles. The molecular formula is C14H25N3OS. The summed E-state index contributed by atoms with van der Waals surface area (Å²) in [5.41, 5.74) is 6.70. The Labute approximate surface area is 120 Å². The molecule has 1 aromatic heterocycles. The van der Waals surface area contributed by atoms with Crippen molar-refractivity contribution >= 4 is 17.2 Å². The first-order valence-corrected chi connectivity index (χ1v) is 7.57. The number of hydrogen-bond donors (Lipinski definition) is 1. The standard InChI is InChI=1S/C14H25N3OS/c1-11-16-12(10-19-11)9-17(4)13(18)5-6-14(2,3)7-8-15/h10H,5-9,15H2,1-4H3. The summed E-state index contributed by atoms with van der Waals surface area (Å²) in [7, 11) is 1.84. The van der Waals surface area contributed by atoms with Crippen molar-refractivity contribution in [2.75, 3.05) is 13.6 Å². The Hall–Kier alpha value is -0.940. The van der Waals surface area contributed by atoms with Crippen LogP contribution in [0.15, 0.2) is 5.38 Å². The van der Waals surface area contributed by atoms with E-state index in [-0.39, 0.29) is 11.3 Å². The van der Waals surface area contributed by atoms with E-state index < -0.39 is 0 Å². The van der Waals surface area contributed by atoms with Crippen molar-refractivity contribution in [3.05, 3.63) is 16.1 Å². The maximum atomic E-state index is 12.1. The number of aryl methyl sites for hydroxylation is 1. The molecule has 0 aliphatic rings. The van der Waals surface area contributed by atoms with Crippen LogP contribution in [0.5, 0.6) is 0 Å². The normalized spacial score (nSPS) is 11.6. The lowest BCUT2D eigenvalue weighted by Crippen LogP contribution is -2.28. The summed E-state index contributed by atoms with van der Waals surface area (Å²) in [4.78, 5) is 18.2. The molecule has 5 heteroatoms. The van der Waals surface area contributed by atoms with Gasteiger partial charge in [0, 0.05) is 18.8 Å². The SMILES string of the molecule is Cc1nc(CN(C)C(=O)CCC(C)(C)CCN)cs1. The van der Waals surface area contributed by atoms with E-state index in [9.17, 15) is 4.79 Å². The van der Waals surface area contributed by atoms with Gasteiger partial charge in [-0.3, -0.25) is 4.79 Å². The zero-order valence-corrected chi connectivity index (χ0v) is 13.2. The summed E-state index contributed by atoms with van der Waals surface area (Å²) in [6.07, 6.45) is 2.41.